The van der Waals surface area contributed by atoms with Crippen LogP contribution in [0.5, 0.6) is 11.5 Å². The van der Waals surface area contributed by atoms with Gasteiger partial charge in [0.15, 0.2) is 11.5 Å². The van der Waals surface area contributed by atoms with Crippen LogP contribution in [0.15, 0.2) is 18.2 Å². The SMILES string of the molecule is CCNC(CN(C)CCOC)c1ccc2c(c1)OCO2. The Morgan fingerprint density at radius 3 is 2.90 bits per heavy atom. The van der Waals surface area contributed by atoms with Crippen LogP contribution in [-0.4, -0.2) is 52.1 Å². The summed E-state index contributed by atoms with van der Waals surface area (Å²) in [5, 5.41) is 3.52. The summed E-state index contributed by atoms with van der Waals surface area (Å²) in [6.07, 6.45) is 0. The zero-order chi connectivity index (χ0) is 14.4. The highest BCUT2D eigenvalue weighted by Crippen LogP contribution is 2.34. The average Bonchev–Trinajstić information content (AvgIpc) is 2.92. The van der Waals surface area contributed by atoms with Gasteiger partial charge in [-0.05, 0) is 31.3 Å². The minimum Gasteiger partial charge on any atom is -0.454 e. The molecule has 1 aromatic carbocycles. The van der Waals surface area contributed by atoms with E-state index in [1.165, 1.54) is 5.56 Å². The van der Waals surface area contributed by atoms with Crippen LogP contribution in [0.25, 0.3) is 0 Å². The third kappa shape index (κ3) is 3.85. The monoisotopic (exact) mass is 280 g/mol. The van der Waals surface area contributed by atoms with E-state index in [0.29, 0.717) is 6.79 Å². The predicted molar refractivity (Wildman–Crippen MR) is 78.4 cm³/mol. The van der Waals surface area contributed by atoms with Crippen molar-refractivity contribution in [3.8, 4) is 11.5 Å². The second-order valence-electron chi connectivity index (χ2n) is 4.98. The summed E-state index contributed by atoms with van der Waals surface area (Å²) in [7, 11) is 3.84. The Hall–Kier alpha value is -1.30. The molecule has 1 N–H and O–H groups in total. The number of nitrogens with zero attached hydrogens (tertiary/aromatic N) is 1. The van der Waals surface area contributed by atoms with Gasteiger partial charge >= 0.3 is 0 Å². The molecule has 0 radical (unpaired) electrons. The van der Waals surface area contributed by atoms with E-state index in [2.05, 4.69) is 36.3 Å². The number of likely N-dealkylation sites (N-methyl/N-ethyl adjacent to an activating group) is 2. The summed E-state index contributed by atoms with van der Waals surface area (Å²) in [6, 6.07) is 6.43. The van der Waals surface area contributed by atoms with Crippen LogP contribution in [-0.2, 0) is 4.74 Å². The van der Waals surface area contributed by atoms with Gasteiger partial charge in [-0.1, -0.05) is 13.0 Å². The van der Waals surface area contributed by atoms with E-state index in [0.717, 1.165) is 37.7 Å². The molecule has 0 fully saturated rings. The average molecular weight is 280 g/mol. The first-order valence-electron chi connectivity index (χ1n) is 7.05. The molecular weight excluding hydrogens is 256 g/mol. The van der Waals surface area contributed by atoms with Crippen molar-refractivity contribution < 1.29 is 14.2 Å². The third-order valence-electron chi connectivity index (χ3n) is 3.42. The minimum atomic E-state index is 0.274. The zero-order valence-corrected chi connectivity index (χ0v) is 12.5. The fourth-order valence-corrected chi connectivity index (χ4v) is 2.31. The second kappa shape index (κ2) is 7.47. The summed E-state index contributed by atoms with van der Waals surface area (Å²) in [5.41, 5.74) is 1.22. The summed E-state index contributed by atoms with van der Waals surface area (Å²) in [4.78, 5) is 2.27. The Morgan fingerprint density at radius 2 is 2.15 bits per heavy atom. The van der Waals surface area contributed by atoms with E-state index in [-0.39, 0.29) is 6.04 Å². The van der Waals surface area contributed by atoms with Crippen LogP contribution in [0.1, 0.15) is 18.5 Å². The van der Waals surface area contributed by atoms with Crippen molar-refractivity contribution in [2.75, 3.05) is 47.2 Å². The number of benzene rings is 1. The molecule has 1 aliphatic heterocycles. The lowest BCUT2D eigenvalue weighted by atomic mass is 10.1. The predicted octanol–water partition coefficient (Wildman–Crippen LogP) is 1.64. The fraction of sp³-hybridized carbons (Fsp3) is 0.600. The maximum atomic E-state index is 5.45. The highest BCUT2D eigenvalue weighted by atomic mass is 16.7. The molecule has 112 valence electrons. The van der Waals surface area contributed by atoms with Crippen molar-refractivity contribution in [1.29, 1.82) is 0 Å². The first-order chi connectivity index (χ1) is 9.74. The van der Waals surface area contributed by atoms with Gasteiger partial charge in [0.25, 0.3) is 0 Å². The van der Waals surface area contributed by atoms with Crippen LogP contribution < -0.4 is 14.8 Å². The molecule has 5 heteroatoms. The van der Waals surface area contributed by atoms with E-state index in [4.69, 9.17) is 14.2 Å². The molecule has 1 aromatic rings. The van der Waals surface area contributed by atoms with Crippen molar-refractivity contribution >= 4 is 0 Å². The quantitative estimate of drug-likeness (QED) is 0.784. The molecule has 1 heterocycles. The molecule has 0 aromatic heterocycles. The molecular formula is C15H24N2O3. The summed E-state index contributed by atoms with van der Waals surface area (Å²) >= 11 is 0. The van der Waals surface area contributed by atoms with Crippen molar-refractivity contribution in [3.05, 3.63) is 23.8 Å². The van der Waals surface area contributed by atoms with Crippen molar-refractivity contribution in [1.82, 2.24) is 10.2 Å². The van der Waals surface area contributed by atoms with Crippen molar-refractivity contribution in [3.63, 3.8) is 0 Å². The normalized spacial score (nSPS) is 14.8. The smallest absolute Gasteiger partial charge is 0.231 e. The van der Waals surface area contributed by atoms with Gasteiger partial charge < -0.3 is 24.4 Å². The van der Waals surface area contributed by atoms with Crippen molar-refractivity contribution in [2.45, 2.75) is 13.0 Å². The Balaban J connectivity index is 2.03. The van der Waals surface area contributed by atoms with E-state index < -0.39 is 0 Å². The topological polar surface area (TPSA) is 43.0 Å². The van der Waals surface area contributed by atoms with Crippen LogP contribution in [0, 0.1) is 0 Å². The number of ether oxygens (including phenoxy) is 3. The van der Waals surface area contributed by atoms with E-state index in [9.17, 15) is 0 Å². The van der Waals surface area contributed by atoms with Gasteiger partial charge in [-0.25, -0.2) is 0 Å². The lowest BCUT2D eigenvalue weighted by Gasteiger charge is -2.25. The van der Waals surface area contributed by atoms with E-state index in [1.807, 2.05) is 6.07 Å². The van der Waals surface area contributed by atoms with Crippen LogP contribution in [0.4, 0.5) is 0 Å². The molecule has 0 spiro atoms. The van der Waals surface area contributed by atoms with Gasteiger partial charge in [-0.2, -0.15) is 0 Å². The molecule has 0 saturated carbocycles. The molecule has 1 aliphatic rings. The molecule has 1 unspecified atom stereocenters. The molecule has 0 saturated heterocycles. The number of fused-ring (bicyclic) bond motifs is 1. The highest BCUT2D eigenvalue weighted by Gasteiger charge is 2.18. The molecule has 1 atom stereocenters. The molecule has 0 aliphatic carbocycles. The van der Waals surface area contributed by atoms with Crippen LogP contribution in [0.2, 0.25) is 0 Å². The van der Waals surface area contributed by atoms with Gasteiger partial charge in [-0.15, -0.1) is 0 Å². The lowest BCUT2D eigenvalue weighted by Crippen LogP contribution is -2.34. The van der Waals surface area contributed by atoms with E-state index >= 15 is 0 Å². The zero-order valence-electron chi connectivity index (χ0n) is 12.5. The first kappa shape index (κ1) is 15.1. The molecule has 0 bridgehead atoms. The molecule has 0 amide bonds. The van der Waals surface area contributed by atoms with Crippen LogP contribution >= 0.6 is 0 Å². The number of hydrogen-bond donors (Lipinski definition) is 1. The number of hydrogen-bond acceptors (Lipinski definition) is 5. The van der Waals surface area contributed by atoms with Gasteiger partial charge in [0.2, 0.25) is 6.79 Å². The number of nitrogens with one attached hydrogen (secondary N) is 1. The van der Waals surface area contributed by atoms with Gasteiger partial charge in [-0.3, -0.25) is 0 Å². The third-order valence-corrected chi connectivity index (χ3v) is 3.42. The Bertz CT molecular complexity index is 426. The standard InChI is InChI=1S/C15H24N2O3/c1-4-16-13(10-17(2)7-8-18-3)12-5-6-14-15(9-12)20-11-19-14/h5-6,9,13,16H,4,7-8,10-11H2,1-3H3. The Morgan fingerprint density at radius 1 is 1.35 bits per heavy atom. The molecule has 5 nitrogen and oxygen atoms in total. The lowest BCUT2D eigenvalue weighted by molar-refractivity contribution is 0.155. The second-order valence-corrected chi connectivity index (χ2v) is 4.98. The van der Waals surface area contributed by atoms with E-state index in [1.54, 1.807) is 7.11 Å². The first-order valence-corrected chi connectivity index (χ1v) is 7.05. The van der Waals surface area contributed by atoms with Gasteiger partial charge in [0.05, 0.1) is 6.61 Å². The Labute approximate surface area is 120 Å². The maximum Gasteiger partial charge on any atom is 0.231 e. The highest BCUT2D eigenvalue weighted by molar-refractivity contribution is 5.45. The number of methoxy groups -OCH3 is 1. The maximum absolute atomic E-state index is 5.45. The fourth-order valence-electron chi connectivity index (χ4n) is 2.31. The summed E-state index contributed by atoms with van der Waals surface area (Å²) < 4.78 is 15.9. The number of rotatable bonds is 8. The summed E-state index contributed by atoms with van der Waals surface area (Å²) in [6.45, 7) is 5.96. The van der Waals surface area contributed by atoms with Gasteiger partial charge in [0, 0.05) is 26.2 Å². The van der Waals surface area contributed by atoms with Crippen molar-refractivity contribution in [2.24, 2.45) is 0 Å². The molecule has 2 rings (SSSR count). The van der Waals surface area contributed by atoms with Gasteiger partial charge in [0.1, 0.15) is 0 Å². The van der Waals surface area contributed by atoms with Crippen LogP contribution in [0.3, 0.4) is 0 Å². The minimum absolute atomic E-state index is 0.274. The Kier molecular flexibility index (Phi) is 5.64. The molecule has 20 heavy (non-hydrogen) atoms. The summed E-state index contributed by atoms with van der Waals surface area (Å²) in [5.74, 6) is 1.67. The largest absolute Gasteiger partial charge is 0.454 e.